The Morgan fingerprint density at radius 3 is 2.41 bits per heavy atom. The Hall–Kier alpha value is -3.62. The van der Waals surface area contributed by atoms with Crippen molar-refractivity contribution < 1.29 is 19.5 Å². The van der Waals surface area contributed by atoms with E-state index in [-0.39, 0.29) is 38.8 Å². The molecule has 1 aliphatic heterocycles. The number of anilines is 2. The van der Waals surface area contributed by atoms with Crippen molar-refractivity contribution >= 4 is 52.4 Å². The third kappa shape index (κ3) is 4.99. The van der Waals surface area contributed by atoms with Crippen molar-refractivity contribution in [2.45, 2.75) is 25.2 Å². The van der Waals surface area contributed by atoms with E-state index in [2.05, 4.69) is 29.5 Å². The van der Waals surface area contributed by atoms with Gasteiger partial charge in [-0.05, 0) is 41.3 Å². The first-order chi connectivity index (χ1) is 17.6. The largest absolute Gasteiger partial charge is 0.478 e. The first kappa shape index (κ1) is 26.4. The molecule has 1 aromatic heterocycles. The van der Waals surface area contributed by atoms with Gasteiger partial charge in [-0.25, -0.2) is 9.78 Å². The quantitative estimate of drug-likeness (QED) is 0.365. The zero-order valence-corrected chi connectivity index (χ0v) is 22.0. The summed E-state index contributed by atoms with van der Waals surface area (Å²) in [4.78, 5) is 43.8. The molecule has 1 aliphatic rings. The Bertz CT molecular complexity index is 1390. The molecule has 2 aromatic carbocycles. The van der Waals surface area contributed by atoms with E-state index in [0.717, 1.165) is 11.1 Å². The Kier molecular flexibility index (Phi) is 7.43. The van der Waals surface area contributed by atoms with Crippen LogP contribution in [-0.2, 0) is 10.2 Å². The van der Waals surface area contributed by atoms with Crippen LogP contribution < -0.4 is 15.5 Å². The number of nitrogens with zero attached hydrogens (tertiary/aromatic N) is 2. The summed E-state index contributed by atoms with van der Waals surface area (Å²) in [7, 11) is 1.49. The molecule has 0 atom stereocenters. The van der Waals surface area contributed by atoms with E-state index in [0.29, 0.717) is 18.8 Å². The maximum atomic E-state index is 14.0. The van der Waals surface area contributed by atoms with Gasteiger partial charge in [0.2, 0.25) is 5.91 Å². The van der Waals surface area contributed by atoms with Gasteiger partial charge in [-0.1, -0.05) is 61.3 Å². The van der Waals surface area contributed by atoms with E-state index in [1.54, 1.807) is 6.07 Å². The average Bonchev–Trinajstić information content (AvgIpc) is 2.84. The molecule has 10 heteroatoms. The van der Waals surface area contributed by atoms with Gasteiger partial charge in [0, 0.05) is 20.1 Å². The van der Waals surface area contributed by atoms with Crippen molar-refractivity contribution in [3.63, 3.8) is 0 Å². The monoisotopic (exact) mass is 540 g/mol. The maximum absolute atomic E-state index is 14.0. The lowest BCUT2D eigenvalue weighted by atomic mass is 9.69. The zero-order valence-electron chi connectivity index (χ0n) is 20.5. The van der Waals surface area contributed by atoms with Crippen LogP contribution in [0.2, 0.25) is 10.2 Å². The van der Waals surface area contributed by atoms with Gasteiger partial charge in [0.25, 0.3) is 5.91 Å². The number of carboxylic acid groups (broad SMARTS) is 1. The van der Waals surface area contributed by atoms with Crippen LogP contribution in [0.1, 0.15) is 51.6 Å². The highest BCUT2D eigenvalue weighted by Gasteiger charge is 2.52. The predicted octanol–water partition coefficient (Wildman–Crippen LogP) is 4.97. The Morgan fingerprint density at radius 2 is 1.78 bits per heavy atom. The molecule has 0 saturated carbocycles. The molecule has 0 bridgehead atoms. The Morgan fingerprint density at radius 1 is 1.08 bits per heavy atom. The molecule has 2 amide bonds. The topological polar surface area (TPSA) is 112 Å². The van der Waals surface area contributed by atoms with Gasteiger partial charge in [-0.3, -0.25) is 9.59 Å². The molecule has 3 aromatic rings. The summed E-state index contributed by atoms with van der Waals surface area (Å²) >= 11 is 12.4. The highest BCUT2D eigenvalue weighted by molar-refractivity contribution is 6.33. The van der Waals surface area contributed by atoms with Crippen molar-refractivity contribution in [2.24, 2.45) is 0 Å². The number of carboxylic acids is 1. The van der Waals surface area contributed by atoms with Gasteiger partial charge in [-0.2, -0.15) is 0 Å². The van der Waals surface area contributed by atoms with Crippen LogP contribution in [0.3, 0.4) is 0 Å². The number of carbonyl (C=O) groups excluding carboxylic acids is 2. The molecule has 0 radical (unpaired) electrons. The summed E-state index contributed by atoms with van der Waals surface area (Å²) in [6, 6.07) is 13.7. The number of hydrogen-bond acceptors (Lipinski definition) is 5. The molecule has 3 N–H and O–H groups in total. The number of hydrogen-bond donors (Lipinski definition) is 3. The third-order valence-corrected chi connectivity index (χ3v) is 7.09. The first-order valence-electron chi connectivity index (χ1n) is 11.6. The number of halogens is 2. The number of aromatic nitrogens is 1. The van der Waals surface area contributed by atoms with Gasteiger partial charge in [0.05, 0.1) is 33.7 Å². The van der Waals surface area contributed by atoms with Crippen LogP contribution in [0.15, 0.2) is 54.7 Å². The summed E-state index contributed by atoms with van der Waals surface area (Å²) in [6.07, 6.45) is 1.37. The summed E-state index contributed by atoms with van der Waals surface area (Å²) in [6.45, 7) is 4.72. The molecule has 2 heterocycles. The van der Waals surface area contributed by atoms with Crippen molar-refractivity contribution in [2.75, 3.05) is 30.4 Å². The molecule has 192 valence electrons. The van der Waals surface area contributed by atoms with Crippen molar-refractivity contribution in [3.05, 3.63) is 87.2 Å². The van der Waals surface area contributed by atoms with Crippen LogP contribution in [-0.4, -0.2) is 48.0 Å². The SMILES string of the molecule is CNC(=O)c1cc(Cl)ncc1NC(=O)C1(c2ccccc2C(C)C)CN(c2ccc(C(=O)O)cc2Cl)C1. The number of carbonyl (C=O) groups is 3. The van der Waals surface area contributed by atoms with E-state index < -0.39 is 17.3 Å². The molecule has 0 spiro atoms. The third-order valence-electron chi connectivity index (χ3n) is 6.58. The number of pyridine rings is 1. The summed E-state index contributed by atoms with van der Waals surface area (Å²) in [5, 5.41) is 15.1. The van der Waals surface area contributed by atoms with E-state index in [9.17, 15) is 19.5 Å². The predicted molar refractivity (Wildman–Crippen MR) is 144 cm³/mol. The fourth-order valence-electron chi connectivity index (χ4n) is 4.64. The van der Waals surface area contributed by atoms with Crippen molar-refractivity contribution in [3.8, 4) is 0 Å². The minimum absolute atomic E-state index is 0.0837. The van der Waals surface area contributed by atoms with Gasteiger partial charge >= 0.3 is 5.97 Å². The summed E-state index contributed by atoms with van der Waals surface area (Å²) < 4.78 is 0. The molecular formula is C27H26Cl2N4O4. The molecule has 37 heavy (non-hydrogen) atoms. The normalized spacial score (nSPS) is 14.2. The second kappa shape index (κ2) is 10.4. The summed E-state index contributed by atoms with van der Waals surface area (Å²) in [5.74, 6) is -1.62. The molecule has 1 fully saturated rings. The van der Waals surface area contributed by atoms with Crippen LogP contribution in [0.5, 0.6) is 0 Å². The van der Waals surface area contributed by atoms with Crippen LogP contribution in [0, 0.1) is 0 Å². The van der Waals surface area contributed by atoms with E-state index >= 15 is 0 Å². The molecule has 0 unspecified atom stereocenters. The number of amides is 2. The number of rotatable bonds is 7. The minimum atomic E-state index is -1.07. The molecule has 0 aliphatic carbocycles. The fourth-order valence-corrected chi connectivity index (χ4v) is 5.10. The highest BCUT2D eigenvalue weighted by atomic mass is 35.5. The average molecular weight is 541 g/mol. The number of nitrogens with one attached hydrogen (secondary N) is 2. The lowest BCUT2D eigenvalue weighted by Gasteiger charge is -2.51. The van der Waals surface area contributed by atoms with E-state index in [1.165, 1.54) is 31.4 Å². The Labute approximate surface area is 224 Å². The van der Waals surface area contributed by atoms with Gasteiger partial charge in [0.15, 0.2) is 0 Å². The smallest absolute Gasteiger partial charge is 0.335 e. The molecular weight excluding hydrogens is 515 g/mol. The van der Waals surface area contributed by atoms with Crippen LogP contribution in [0.4, 0.5) is 11.4 Å². The van der Waals surface area contributed by atoms with Gasteiger partial charge in [0.1, 0.15) is 10.6 Å². The van der Waals surface area contributed by atoms with E-state index in [4.69, 9.17) is 23.2 Å². The first-order valence-corrected chi connectivity index (χ1v) is 12.4. The number of benzene rings is 2. The standard InChI is InChI=1S/C27H26Cl2N4O4/c1-15(2)17-6-4-5-7-19(17)27(13-33(14-27)22-9-8-16(25(35)36)10-20(22)28)26(37)32-21-12-31-23(29)11-18(21)24(34)30-3/h4-12,15H,13-14H2,1-3H3,(H,30,34)(H,32,37)(H,35,36). The van der Waals surface area contributed by atoms with Crippen LogP contribution >= 0.6 is 23.2 Å². The lowest BCUT2D eigenvalue weighted by molar-refractivity contribution is -0.122. The minimum Gasteiger partial charge on any atom is -0.478 e. The fraction of sp³-hybridized carbons (Fsp3) is 0.259. The second-order valence-corrected chi connectivity index (χ2v) is 10.0. The zero-order chi connectivity index (χ0) is 26.9. The van der Waals surface area contributed by atoms with Crippen molar-refractivity contribution in [1.29, 1.82) is 0 Å². The molecule has 8 nitrogen and oxygen atoms in total. The Balaban J connectivity index is 1.74. The molecule has 1 saturated heterocycles. The van der Waals surface area contributed by atoms with Gasteiger partial charge < -0.3 is 20.6 Å². The highest BCUT2D eigenvalue weighted by Crippen LogP contribution is 2.44. The van der Waals surface area contributed by atoms with Gasteiger partial charge in [-0.15, -0.1) is 0 Å². The number of aromatic carboxylic acids is 1. The van der Waals surface area contributed by atoms with Crippen LogP contribution in [0.25, 0.3) is 0 Å². The lowest BCUT2D eigenvalue weighted by Crippen LogP contribution is -2.65. The maximum Gasteiger partial charge on any atom is 0.335 e. The van der Waals surface area contributed by atoms with Crippen molar-refractivity contribution in [1.82, 2.24) is 10.3 Å². The van der Waals surface area contributed by atoms with E-state index in [1.807, 2.05) is 29.2 Å². The second-order valence-electron chi connectivity index (χ2n) is 9.24. The molecule has 4 rings (SSSR count). The summed E-state index contributed by atoms with van der Waals surface area (Å²) in [5.41, 5.74) is 2.11.